The summed E-state index contributed by atoms with van der Waals surface area (Å²) in [7, 11) is 2.07. The van der Waals surface area contributed by atoms with E-state index in [-0.39, 0.29) is 11.8 Å². The summed E-state index contributed by atoms with van der Waals surface area (Å²) < 4.78 is 0. The molecule has 3 aliphatic rings. The second-order valence-corrected chi connectivity index (χ2v) is 7.37. The molecule has 5 heteroatoms. The minimum atomic E-state index is -0.777. The minimum Gasteiger partial charge on any atom is -0.339 e. The summed E-state index contributed by atoms with van der Waals surface area (Å²) in [6, 6.07) is 8.11. The summed E-state index contributed by atoms with van der Waals surface area (Å²) >= 11 is 0. The zero-order valence-electron chi connectivity index (χ0n) is 14.3. The number of hydrogen-bond acceptors (Lipinski definition) is 3. The smallest absolute Gasteiger partial charge is 0.242 e. The lowest BCUT2D eigenvalue weighted by atomic mass is 9.97. The van der Waals surface area contributed by atoms with Gasteiger partial charge in [0.05, 0.1) is 0 Å². The first-order valence-electron chi connectivity index (χ1n) is 9.00. The Balaban J connectivity index is 1.55. The molecule has 0 aromatic heterocycles. The van der Waals surface area contributed by atoms with Crippen molar-refractivity contribution in [3.8, 4) is 0 Å². The van der Waals surface area contributed by atoms with Gasteiger partial charge in [0.1, 0.15) is 5.41 Å². The molecule has 1 saturated heterocycles. The normalized spacial score (nSPS) is 22.9. The van der Waals surface area contributed by atoms with Crippen LogP contribution >= 0.6 is 0 Å². The van der Waals surface area contributed by atoms with Crippen molar-refractivity contribution in [2.45, 2.75) is 25.7 Å². The Morgan fingerprint density at radius 3 is 2.38 bits per heavy atom. The molecule has 24 heavy (non-hydrogen) atoms. The Kier molecular flexibility index (Phi) is 3.83. The van der Waals surface area contributed by atoms with Gasteiger partial charge in [-0.3, -0.25) is 9.59 Å². The van der Waals surface area contributed by atoms with Crippen molar-refractivity contribution in [1.82, 2.24) is 9.80 Å². The van der Waals surface area contributed by atoms with E-state index in [1.54, 1.807) is 0 Å². The predicted molar refractivity (Wildman–Crippen MR) is 92.9 cm³/mol. The SMILES string of the molecule is CN1CCN(C(=O)C2(C(=O)N3CCCc4ccccc43)CC2)CC1. The highest BCUT2D eigenvalue weighted by molar-refractivity contribution is 6.14. The summed E-state index contributed by atoms with van der Waals surface area (Å²) in [5, 5.41) is 0. The van der Waals surface area contributed by atoms with E-state index in [0.717, 1.165) is 51.3 Å². The van der Waals surface area contributed by atoms with Crippen molar-refractivity contribution in [2.75, 3.05) is 44.7 Å². The van der Waals surface area contributed by atoms with Crippen LogP contribution in [-0.4, -0.2) is 61.4 Å². The molecule has 0 unspecified atom stereocenters. The van der Waals surface area contributed by atoms with Crippen LogP contribution < -0.4 is 4.90 Å². The van der Waals surface area contributed by atoms with Gasteiger partial charge in [-0.1, -0.05) is 18.2 Å². The van der Waals surface area contributed by atoms with Gasteiger partial charge >= 0.3 is 0 Å². The van der Waals surface area contributed by atoms with Gasteiger partial charge < -0.3 is 14.7 Å². The van der Waals surface area contributed by atoms with Crippen molar-refractivity contribution in [3.05, 3.63) is 29.8 Å². The number of rotatable bonds is 2. The number of likely N-dealkylation sites (N-methyl/N-ethyl adjacent to an activating group) is 1. The maximum absolute atomic E-state index is 13.3. The molecular formula is C19H25N3O2. The first kappa shape index (κ1) is 15.6. The number of carbonyl (C=O) groups excluding carboxylic acids is 2. The first-order chi connectivity index (χ1) is 11.6. The molecular weight excluding hydrogens is 302 g/mol. The second kappa shape index (κ2) is 5.88. The lowest BCUT2D eigenvalue weighted by molar-refractivity contribution is -0.144. The lowest BCUT2D eigenvalue weighted by Crippen LogP contribution is -2.53. The van der Waals surface area contributed by atoms with E-state index in [9.17, 15) is 9.59 Å². The average Bonchev–Trinajstić information content (AvgIpc) is 3.42. The molecule has 1 aromatic carbocycles. The first-order valence-corrected chi connectivity index (χ1v) is 9.00. The highest BCUT2D eigenvalue weighted by atomic mass is 16.2. The Morgan fingerprint density at radius 1 is 0.958 bits per heavy atom. The molecule has 0 spiro atoms. The van der Waals surface area contributed by atoms with Crippen LogP contribution in [0.5, 0.6) is 0 Å². The number of piperazine rings is 1. The van der Waals surface area contributed by atoms with E-state index in [1.807, 2.05) is 28.0 Å². The van der Waals surface area contributed by atoms with Crippen LogP contribution in [-0.2, 0) is 16.0 Å². The average molecular weight is 327 g/mol. The Morgan fingerprint density at radius 2 is 1.67 bits per heavy atom. The number of benzene rings is 1. The summed E-state index contributed by atoms with van der Waals surface area (Å²) in [5.74, 6) is 0.0854. The molecule has 5 nitrogen and oxygen atoms in total. The molecule has 2 fully saturated rings. The molecule has 1 aliphatic carbocycles. The van der Waals surface area contributed by atoms with E-state index >= 15 is 0 Å². The monoisotopic (exact) mass is 327 g/mol. The number of para-hydroxylation sites is 1. The van der Waals surface area contributed by atoms with Crippen LogP contribution in [0.3, 0.4) is 0 Å². The van der Waals surface area contributed by atoms with Crippen LogP contribution in [0.1, 0.15) is 24.8 Å². The number of hydrogen-bond donors (Lipinski definition) is 0. The summed E-state index contributed by atoms with van der Waals surface area (Å²) in [5.41, 5.74) is 1.45. The number of anilines is 1. The van der Waals surface area contributed by atoms with Gasteiger partial charge in [0, 0.05) is 38.4 Å². The van der Waals surface area contributed by atoms with Crippen LogP contribution in [0.15, 0.2) is 24.3 Å². The standard InChI is InChI=1S/C19H25N3O2/c1-20-11-13-21(14-12-20)17(23)19(8-9-19)18(24)22-10-4-6-15-5-2-3-7-16(15)22/h2-3,5,7H,4,6,8-14H2,1H3. The van der Waals surface area contributed by atoms with Crippen LogP contribution in [0.4, 0.5) is 5.69 Å². The minimum absolute atomic E-state index is 0.0265. The van der Waals surface area contributed by atoms with Gasteiger partial charge in [0.25, 0.3) is 0 Å². The van der Waals surface area contributed by atoms with Crippen LogP contribution in [0.25, 0.3) is 0 Å². The molecule has 4 rings (SSSR count). The third-order valence-electron chi connectivity index (χ3n) is 5.71. The van der Waals surface area contributed by atoms with Gasteiger partial charge in [-0.25, -0.2) is 0 Å². The van der Waals surface area contributed by atoms with Gasteiger partial charge in [0.15, 0.2) is 0 Å². The molecule has 2 heterocycles. The zero-order valence-corrected chi connectivity index (χ0v) is 14.3. The Labute approximate surface area is 143 Å². The van der Waals surface area contributed by atoms with Crippen LogP contribution in [0, 0.1) is 5.41 Å². The van der Waals surface area contributed by atoms with Gasteiger partial charge in [-0.15, -0.1) is 0 Å². The predicted octanol–water partition coefficient (Wildman–Crippen LogP) is 1.52. The van der Waals surface area contributed by atoms with Crippen molar-refractivity contribution >= 4 is 17.5 Å². The fourth-order valence-corrected chi connectivity index (χ4v) is 3.96. The number of aryl methyl sites for hydroxylation is 1. The number of amides is 2. The van der Waals surface area contributed by atoms with E-state index in [1.165, 1.54) is 5.56 Å². The highest BCUT2D eigenvalue weighted by Crippen LogP contribution is 2.50. The van der Waals surface area contributed by atoms with E-state index in [2.05, 4.69) is 18.0 Å². The Hall–Kier alpha value is -1.88. The van der Waals surface area contributed by atoms with E-state index < -0.39 is 5.41 Å². The van der Waals surface area contributed by atoms with Crippen molar-refractivity contribution in [3.63, 3.8) is 0 Å². The molecule has 2 amide bonds. The topological polar surface area (TPSA) is 43.9 Å². The zero-order chi connectivity index (χ0) is 16.7. The number of carbonyl (C=O) groups is 2. The van der Waals surface area contributed by atoms with Crippen molar-refractivity contribution < 1.29 is 9.59 Å². The molecule has 0 atom stereocenters. The number of nitrogens with zero attached hydrogens (tertiary/aromatic N) is 3. The van der Waals surface area contributed by atoms with E-state index in [0.29, 0.717) is 12.8 Å². The fraction of sp³-hybridized carbons (Fsp3) is 0.579. The largest absolute Gasteiger partial charge is 0.339 e. The molecule has 1 saturated carbocycles. The molecule has 2 aliphatic heterocycles. The lowest BCUT2D eigenvalue weighted by Gasteiger charge is -2.37. The molecule has 0 radical (unpaired) electrons. The quantitative estimate of drug-likeness (QED) is 0.774. The molecule has 0 N–H and O–H groups in total. The highest BCUT2D eigenvalue weighted by Gasteiger charge is 2.59. The van der Waals surface area contributed by atoms with Gasteiger partial charge in [0.2, 0.25) is 11.8 Å². The molecule has 128 valence electrons. The summed E-state index contributed by atoms with van der Waals surface area (Å²) in [6.07, 6.45) is 3.40. The van der Waals surface area contributed by atoms with Gasteiger partial charge in [-0.2, -0.15) is 0 Å². The third kappa shape index (κ3) is 2.51. The fourth-order valence-electron chi connectivity index (χ4n) is 3.96. The maximum Gasteiger partial charge on any atom is 0.242 e. The second-order valence-electron chi connectivity index (χ2n) is 7.37. The maximum atomic E-state index is 13.3. The third-order valence-corrected chi connectivity index (χ3v) is 5.71. The van der Waals surface area contributed by atoms with Gasteiger partial charge in [-0.05, 0) is 44.4 Å². The molecule has 0 bridgehead atoms. The van der Waals surface area contributed by atoms with Crippen molar-refractivity contribution in [2.24, 2.45) is 5.41 Å². The Bertz CT molecular complexity index is 660. The van der Waals surface area contributed by atoms with Crippen molar-refractivity contribution in [1.29, 1.82) is 0 Å². The summed E-state index contributed by atoms with van der Waals surface area (Å²) in [6.45, 7) is 3.99. The number of fused-ring (bicyclic) bond motifs is 1. The van der Waals surface area contributed by atoms with E-state index in [4.69, 9.17) is 0 Å². The molecule has 1 aromatic rings. The van der Waals surface area contributed by atoms with Crippen LogP contribution in [0.2, 0.25) is 0 Å². The summed E-state index contributed by atoms with van der Waals surface area (Å²) in [4.78, 5) is 32.3.